The third kappa shape index (κ3) is 3.20. The highest BCUT2D eigenvalue weighted by atomic mass is 16.5. The zero-order valence-electron chi connectivity index (χ0n) is 10.1. The molecule has 1 saturated carbocycles. The number of hydrogen-bond acceptors (Lipinski definition) is 3. The van der Waals surface area contributed by atoms with Crippen LogP contribution < -0.4 is 10.5 Å². The highest BCUT2D eigenvalue weighted by Gasteiger charge is 2.25. The van der Waals surface area contributed by atoms with Crippen LogP contribution in [-0.2, 0) is 6.61 Å². The van der Waals surface area contributed by atoms with Gasteiger partial charge in [-0.15, -0.1) is 0 Å². The van der Waals surface area contributed by atoms with Gasteiger partial charge in [-0.2, -0.15) is 0 Å². The van der Waals surface area contributed by atoms with Crippen LogP contribution in [0.1, 0.15) is 31.2 Å². The third-order valence-electron chi connectivity index (χ3n) is 3.54. The zero-order chi connectivity index (χ0) is 12.1. The molecule has 0 amide bonds. The first kappa shape index (κ1) is 12.4. The average molecular weight is 235 g/mol. The Morgan fingerprint density at radius 3 is 2.53 bits per heavy atom. The lowest BCUT2D eigenvalue weighted by atomic mass is 9.86. The quantitative estimate of drug-likeness (QED) is 0.840. The Morgan fingerprint density at radius 2 is 1.88 bits per heavy atom. The molecule has 2 rings (SSSR count). The van der Waals surface area contributed by atoms with E-state index in [1.165, 1.54) is 19.3 Å². The van der Waals surface area contributed by atoms with Gasteiger partial charge in [-0.05, 0) is 43.5 Å². The molecule has 0 aromatic heterocycles. The van der Waals surface area contributed by atoms with Gasteiger partial charge in [-0.3, -0.25) is 0 Å². The number of rotatable bonds is 4. The molecule has 0 saturated heterocycles. The molecule has 2 atom stereocenters. The minimum Gasteiger partial charge on any atom is -0.490 e. The van der Waals surface area contributed by atoms with Crippen LogP contribution in [-0.4, -0.2) is 17.8 Å². The molecule has 1 aromatic carbocycles. The van der Waals surface area contributed by atoms with Gasteiger partial charge >= 0.3 is 0 Å². The molecule has 3 heteroatoms. The van der Waals surface area contributed by atoms with Crippen molar-refractivity contribution < 1.29 is 9.84 Å². The molecular formula is C14H21NO2. The van der Waals surface area contributed by atoms with E-state index >= 15 is 0 Å². The van der Waals surface area contributed by atoms with E-state index in [0.29, 0.717) is 12.5 Å². The maximum atomic E-state index is 8.97. The summed E-state index contributed by atoms with van der Waals surface area (Å²) in [6.07, 6.45) is 5.04. The van der Waals surface area contributed by atoms with Crippen molar-refractivity contribution in [2.24, 2.45) is 11.7 Å². The fourth-order valence-corrected chi connectivity index (χ4v) is 2.45. The number of nitrogens with two attached hydrogens (primary N) is 1. The van der Waals surface area contributed by atoms with Crippen LogP contribution in [0.4, 0.5) is 0 Å². The van der Waals surface area contributed by atoms with Crippen molar-refractivity contribution >= 4 is 0 Å². The standard InChI is InChI=1S/C14H21NO2/c15-9-12-3-1-2-4-14(12)17-13-7-5-11(10-16)6-8-13/h5-8,12,14,16H,1-4,9-10,15H2. The molecule has 0 spiro atoms. The van der Waals surface area contributed by atoms with Crippen molar-refractivity contribution in [3.05, 3.63) is 29.8 Å². The minimum absolute atomic E-state index is 0.0785. The Labute approximate surface area is 103 Å². The number of ether oxygens (including phenoxy) is 1. The fraction of sp³-hybridized carbons (Fsp3) is 0.571. The molecular weight excluding hydrogens is 214 g/mol. The highest BCUT2D eigenvalue weighted by Crippen LogP contribution is 2.27. The Kier molecular flexibility index (Phi) is 4.40. The van der Waals surface area contributed by atoms with Gasteiger partial charge in [0.2, 0.25) is 0 Å². The monoisotopic (exact) mass is 235 g/mol. The maximum Gasteiger partial charge on any atom is 0.119 e. The minimum atomic E-state index is 0.0785. The van der Waals surface area contributed by atoms with Crippen LogP contribution >= 0.6 is 0 Å². The summed E-state index contributed by atoms with van der Waals surface area (Å²) in [5.41, 5.74) is 6.69. The van der Waals surface area contributed by atoms with Crippen LogP contribution in [0.3, 0.4) is 0 Å². The first-order chi connectivity index (χ1) is 8.33. The number of aliphatic hydroxyl groups excluding tert-OH is 1. The number of benzene rings is 1. The van der Waals surface area contributed by atoms with Gasteiger partial charge in [-0.25, -0.2) is 0 Å². The molecule has 0 bridgehead atoms. The van der Waals surface area contributed by atoms with Crippen molar-refractivity contribution in [1.29, 1.82) is 0 Å². The predicted octanol–water partition coefficient (Wildman–Crippen LogP) is 2.08. The summed E-state index contributed by atoms with van der Waals surface area (Å²) < 4.78 is 6.00. The van der Waals surface area contributed by atoms with Crippen LogP contribution in [0, 0.1) is 5.92 Å². The molecule has 0 radical (unpaired) electrons. The van der Waals surface area contributed by atoms with E-state index in [1.807, 2.05) is 24.3 Å². The van der Waals surface area contributed by atoms with Gasteiger partial charge in [-0.1, -0.05) is 18.6 Å². The fourth-order valence-electron chi connectivity index (χ4n) is 2.45. The summed E-state index contributed by atoms with van der Waals surface area (Å²) in [6, 6.07) is 7.65. The highest BCUT2D eigenvalue weighted by molar-refractivity contribution is 5.27. The smallest absolute Gasteiger partial charge is 0.119 e. The predicted molar refractivity (Wildman–Crippen MR) is 67.8 cm³/mol. The Morgan fingerprint density at radius 1 is 1.18 bits per heavy atom. The first-order valence-corrected chi connectivity index (χ1v) is 6.40. The van der Waals surface area contributed by atoms with Gasteiger partial charge < -0.3 is 15.6 Å². The number of aliphatic hydroxyl groups is 1. The van der Waals surface area contributed by atoms with Gasteiger partial charge in [0, 0.05) is 5.92 Å². The first-order valence-electron chi connectivity index (χ1n) is 6.40. The van der Waals surface area contributed by atoms with E-state index in [4.69, 9.17) is 15.6 Å². The molecule has 2 unspecified atom stereocenters. The average Bonchev–Trinajstić information content (AvgIpc) is 2.40. The van der Waals surface area contributed by atoms with E-state index in [2.05, 4.69) is 0 Å². The molecule has 94 valence electrons. The van der Waals surface area contributed by atoms with Crippen molar-refractivity contribution in [3.8, 4) is 5.75 Å². The second kappa shape index (κ2) is 6.03. The second-order valence-corrected chi connectivity index (χ2v) is 4.74. The Hall–Kier alpha value is -1.06. The normalized spacial score (nSPS) is 24.6. The van der Waals surface area contributed by atoms with Crippen LogP contribution in [0.25, 0.3) is 0 Å². The van der Waals surface area contributed by atoms with E-state index in [-0.39, 0.29) is 12.7 Å². The molecule has 0 heterocycles. The molecule has 1 fully saturated rings. The van der Waals surface area contributed by atoms with Gasteiger partial charge in [0.1, 0.15) is 11.9 Å². The third-order valence-corrected chi connectivity index (χ3v) is 3.54. The van der Waals surface area contributed by atoms with Gasteiger partial charge in [0.15, 0.2) is 0 Å². The van der Waals surface area contributed by atoms with Crippen LogP contribution in [0.5, 0.6) is 5.75 Å². The summed E-state index contributed by atoms with van der Waals surface area (Å²) in [7, 11) is 0. The summed E-state index contributed by atoms with van der Waals surface area (Å²) in [6.45, 7) is 0.786. The van der Waals surface area contributed by atoms with Gasteiger partial charge in [0.25, 0.3) is 0 Å². The largest absolute Gasteiger partial charge is 0.490 e. The lowest BCUT2D eigenvalue weighted by Gasteiger charge is -2.31. The molecule has 3 N–H and O–H groups in total. The number of hydrogen-bond donors (Lipinski definition) is 2. The summed E-state index contributed by atoms with van der Waals surface area (Å²) >= 11 is 0. The van der Waals surface area contributed by atoms with Crippen LogP contribution in [0.2, 0.25) is 0 Å². The van der Waals surface area contributed by atoms with E-state index in [0.717, 1.165) is 17.7 Å². The Bertz CT molecular complexity index is 337. The molecule has 1 aliphatic carbocycles. The van der Waals surface area contributed by atoms with E-state index < -0.39 is 0 Å². The molecule has 0 aliphatic heterocycles. The zero-order valence-corrected chi connectivity index (χ0v) is 10.1. The summed E-state index contributed by atoms with van der Waals surface area (Å²) in [5.74, 6) is 1.37. The molecule has 1 aliphatic rings. The van der Waals surface area contributed by atoms with Crippen LogP contribution in [0.15, 0.2) is 24.3 Å². The topological polar surface area (TPSA) is 55.5 Å². The van der Waals surface area contributed by atoms with E-state index in [9.17, 15) is 0 Å². The second-order valence-electron chi connectivity index (χ2n) is 4.74. The molecule has 1 aromatic rings. The Balaban J connectivity index is 1.98. The van der Waals surface area contributed by atoms with Crippen molar-refractivity contribution in [1.82, 2.24) is 0 Å². The summed E-state index contributed by atoms with van der Waals surface area (Å²) in [5, 5.41) is 8.97. The SMILES string of the molecule is NCC1CCCCC1Oc1ccc(CO)cc1. The lowest BCUT2D eigenvalue weighted by Crippen LogP contribution is -2.35. The molecule has 17 heavy (non-hydrogen) atoms. The molecule has 3 nitrogen and oxygen atoms in total. The summed E-state index contributed by atoms with van der Waals surface area (Å²) in [4.78, 5) is 0. The lowest BCUT2D eigenvalue weighted by molar-refractivity contribution is 0.0969. The maximum absolute atomic E-state index is 8.97. The van der Waals surface area contributed by atoms with Crippen molar-refractivity contribution in [2.45, 2.75) is 38.4 Å². The van der Waals surface area contributed by atoms with Crippen molar-refractivity contribution in [3.63, 3.8) is 0 Å². The van der Waals surface area contributed by atoms with Crippen molar-refractivity contribution in [2.75, 3.05) is 6.54 Å². The van der Waals surface area contributed by atoms with Gasteiger partial charge in [0.05, 0.1) is 6.61 Å². The van der Waals surface area contributed by atoms with E-state index in [1.54, 1.807) is 0 Å².